The van der Waals surface area contributed by atoms with Crippen molar-refractivity contribution in [1.29, 1.82) is 0 Å². The van der Waals surface area contributed by atoms with Gasteiger partial charge in [-0.2, -0.15) is 5.10 Å². The van der Waals surface area contributed by atoms with E-state index in [4.69, 9.17) is 34.8 Å². The summed E-state index contributed by atoms with van der Waals surface area (Å²) in [5, 5.41) is 14.9. The maximum atomic E-state index is 13.3. The van der Waals surface area contributed by atoms with E-state index in [2.05, 4.69) is 5.10 Å². The highest BCUT2D eigenvalue weighted by Crippen LogP contribution is 2.39. The van der Waals surface area contributed by atoms with Crippen LogP contribution >= 0.6 is 34.8 Å². The zero-order valence-electron chi connectivity index (χ0n) is 15.5. The Morgan fingerprint density at radius 2 is 1.79 bits per heavy atom. The Kier molecular flexibility index (Phi) is 6.69. The van der Waals surface area contributed by atoms with Crippen molar-refractivity contribution in [3.63, 3.8) is 0 Å². The molecule has 1 aromatic heterocycles. The normalized spacial score (nSPS) is 11.0. The summed E-state index contributed by atoms with van der Waals surface area (Å²) in [5.74, 6) is -1.97. The smallest absolute Gasteiger partial charge is 0.274 e. The topological polar surface area (TPSA) is 98.3 Å². The number of nitro benzene ring substituents is 1. The minimum absolute atomic E-state index is 0.0157. The summed E-state index contributed by atoms with van der Waals surface area (Å²) in [6.07, 6.45) is 0.483. The van der Waals surface area contributed by atoms with Gasteiger partial charge in [-0.15, -0.1) is 0 Å². The van der Waals surface area contributed by atoms with Crippen LogP contribution in [-0.4, -0.2) is 26.5 Å². The van der Waals surface area contributed by atoms with Gasteiger partial charge in [0.05, 0.1) is 31.4 Å². The van der Waals surface area contributed by atoms with Gasteiger partial charge in [0.2, 0.25) is 5.91 Å². The van der Waals surface area contributed by atoms with E-state index in [9.17, 15) is 19.7 Å². The molecule has 0 aliphatic rings. The van der Waals surface area contributed by atoms with Crippen molar-refractivity contribution in [2.75, 3.05) is 4.90 Å². The molecule has 0 bridgehead atoms. The van der Waals surface area contributed by atoms with E-state index in [0.29, 0.717) is 12.1 Å². The Hall–Kier alpha value is -2.16. The van der Waals surface area contributed by atoms with Gasteiger partial charge in [-0.25, -0.2) is 4.90 Å². The van der Waals surface area contributed by atoms with E-state index in [-0.39, 0.29) is 32.1 Å². The summed E-state index contributed by atoms with van der Waals surface area (Å²) in [6, 6.07) is 2.05. The summed E-state index contributed by atoms with van der Waals surface area (Å²) in [6.45, 7) is 5.01. The number of hydrogen-bond acceptors (Lipinski definition) is 5. The maximum Gasteiger partial charge on any atom is 0.284 e. The molecule has 2 aromatic rings. The number of aromatic nitrogens is 2. The quantitative estimate of drug-likeness (QED) is 0.489. The van der Waals surface area contributed by atoms with Gasteiger partial charge in [-0.1, -0.05) is 55.6 Å². The third kappa shape index (κ3) is 3.99. The van der Waals surface area contributed by atoms with E-state index in [0.717, 1.165) is 17.0 Å². The summed E-state index contributed by atoms with van der Waals surface area (Å²) in [4.78, 5) is 37.3. The fourth-order valence-corrected chi connectivity index (χ4v) is 3.58. The minimum Gasteiger partial charge on any atom is -0.274 e. The fraction of sp³-hybridized carbons (Fsp3) is 0.353. The van der Waals surface area contributed by atoms with Gasteiger partial charge in [-0.3, -0.25) is 24.4 Å². The number of imide groups is 1. The van der Waals surface area contributed by atoms with Crippen molar-refractivity contribution in [3.05, 3.63) is 48.7 Å². The molecule has 0 unspecified atom stereocenters. The first kappa shape index (κ1) is 22.1. The zero-order chi connectivity index (χ0) is 21.3. The Bertz CT molecular complexity index is 949. The number of halogens is 3. The second kappa shape index (κ2) is 8.46. The lowest BCUT2D eigenvalue weighted by molar-refractivity contribution is -0.384. The van der Waals surface area contributed by atoms with Crippen LogP contribution in [0.3, 0.4) is 0 Å². The minimum atomic E-state index is -0.781. The summed E-state index contributed by atoms with van der Waals surface area (Å²) in [7, 11) is 1.52. The molecule has 11 heteroatoms. The lowest BCUT2D eigenvalue weighted by Gasteiger charge is -2.24. The van der Waals surface area contributed by atoms with Crippen LogP contribution in [-0.2, 0) is 18.3 Å². The molecule has 0 aliphatic carbocycles. The number of amides is 2. The van der Waals surface area contributed by atoms with Crippen molar-refractivity contribution >= 4 is 58.0 Å². The predicted molar refractivity (Wildman–Crippen MR) is 107 cm³/mol. The summed E-state index contributed by atoms with van der Waals surface area (Å²) < 4.78 is 1.28. The first-order chi connectivity index (χ1) is 13.0. The SMILES string of the molecule is CCc1nn(C)c(C(=O)N(C(=O)C(C)C)c2c(Cl)cc([N+](=O)[O-])cc2Cl)c1Cl. The van der Waals surface area contributed by atoms with E-state index in [1.54, 1.807) is 13.8 Å². The zero-order valence-corrected chi connectivity index (χ0v) is 17.8. The standard InChI is InChI=1S/C17H17Cl3N4O4/c1-5-12-13(20)15(22(4)21-12)17(26)23(16(25)8(2)3)14-10(18)6-9(24(27)28)7-11(14)19/h6-8H,5H2,1-4H3. The number of carbonyl (C=O) groups excluding carboxylic acids is 2. The van der Waals surface area contributed by atoms with Gasteiger partial charge in [0.25, 0.3) is 11.6 Å². The Morgan fingerprint density at radius 1 is 1.25 bits per heavy atom. The molecule has 1 aromatic carbocycles. The number of hydrogen-bond donors (Lipinski definition) is 0. The van der Waals surface area contributed by atoms with Gasteiger partial charge in [0.15, 0.2) is 0 Å². The van der Waals surface area contributed by atoms with Gasteiger partial charge in [0.1, 0.15) is 5.69 Å². The Labute approximate surface area is 176 Å². The van der Waals surface area contributed by atoms with Crippen LogP contribution in [0.1, 0.15) is 37.0 Å². The second-order valence-electron chi connectivity index (χ2n) is 6.24. The van der Waals surface area contributed by atoms with E-state index in [1.165, 1.54) is 11.7 Å². The molecule has 28 heavy (non-hydrogen) atoms. The average molecular weight is 448 g/mol. The highest BCUT2D eigenvalue weighted by atomic mass is 35.5. The second-order valence-corrected chi connectivity index (χ2v) is 7.43. The molecule has 0 radical (unpaired) electrons. The molecule has 0 aliphatic heterocycles. The van der Waals surface area contributed by atoms with Crippen LogP contribution < -0.4 is 4.90 Å². The first-order valence-electron chi connectivity index (χ1n) is 8.24. The van der Waals surface area contributed by atoms with Crippen LogP contribution in [0.5, 0.6) is 0 Å². The number of benzene rings is 1. The largest absolute Gasteiger partial charge is 0.284 e. The van der Waals surface area contributed by atoms with Crippen LogP contribution in [0, 0.1) is 16.0 Å². The molecule has 1 heterocycles. The molecule has 2 amide bonds. The first-order valence-corrected chi connectivity index (χ1v) is 9.37. The number of nitrogens with zero attached hydrogens (tertiary/aromatic N) is 4. The van der Waals surface area contributed by atoms with Crippen LogP contribution in [0.25, 0.3) is 0 Å². The van der Waals surface area contributed by atoms with Gasteiger partial charge >= 0.3 is 0 Å². The fourth-order valence-electron chi connectivity index (χ4n) is 2.56. The third-order valence-corrected chi connectivity index (χ3v) is 4.92. The molecule has 2 rings (SSSR count). The number of carbonyl (C=O) groups is 2. The summed E-state index contributed by atoms with van der Waals surface area (Å²) >= 11 is 18.6. The molecule has 0 atom stereocenters. The van der Waals surface area contributed by atoms with E-state index in [1.807, 2.05) is 6.92 Å². The molecule has 8 nitrogen and oxygen atoms in total. The molecule has 0 saturated carbocycles. The monoisotopic (exact) mass is 446 g/mol. The lowest BCUT2D eigenvalue weighted by atomic mass is 10.1. The van der Waals surface area contributed by atoms with Crippen LogP contribution in [0.4, 0.5) is 11.4 Å². The molecule has 0 saturated heterocycles. The van der Waals surface area contributed by atoms with Crippen molar-refractivity contribution in [3.8, 4) is 0 Å². The highest BCUT2D eigenvalue weighted by Gasteiger charge is 2.34. The van der Waals surface area contributed by atoms with Crippen molar-refractivity contribution < 1.29 is 14.5 Å². The van der Waals surface area contributed by atoms with Gasteiger partial charge < -0.3 is 0 Å². The molecule has 0 N–H and O–H groups in total. The predicted octanol–water partition coefficient (Wildman–Crippen LogP) is 4.68. The highest BCUT2D eigenvalue weighted by molar-refractivity contribution is 6.43. The van der Waals surface area contributed by atoms with Crippen LogP contribution in [0.2, 0.25) is 15.1 Å². The van der Waals surface area contributed by atoms with Crippen LogP contribution in [0.15, 0.2) is 12.1 Å². The number of aryl methyl sites for hydroxylation is 2. The number of nitro groups is 1. The molecular weight excluding hydrogens is 431 g/mol. The maximum absolute atomic E-state index is 13.3. The van der Waals surface area contributed by atoms with Gasteiger partial charge in [-0.05, 0) is 6.42 Å². The van der Waals surface area contributed by atoms with E-state index >= 15 is 0 Å². The van der Waals surface area contributed by atoms with Crippen molar-refractivity contribution in [2.24, 2.45) is 13.0 Å². The van der Waals surface area contributed by atoms with Crippen molar-refractivity contribution in [1.82, 2.24) is 9.78 Å². The molecule has 150 valence electrons. The Balaban J connectivity index is 2.72. The molecular formula is C17H17Cl3N4O4. The third-order valence-electron chi connectivity index (χ3n) is 3.95. The summed E-state index contributed by atoms with van der Waals surface area (Å²) in [5.41, 5.74) is -0.0358. The van der Waals surface area contributed by atoms with Gasteiger partial charge in [0, 0.05) is 25.1 Å². The Morgan fingerprint density at radius 3 is 2.18 bits per heavy atom. The van der Waals surface area contributed by atoms with E-state index < -0.39 is 22.7 Å². The molecule has 0 fully saturated rings. The number of rotatable bonds is 5. The number of non-ortho nitro benzene ring substituents is 1. The van der Waals surface area contributed by atoms with Crippen molar-refractivity contribution in [2.45, 2.75) is 27.2 Å². The average Bonchev–Trinajstić information content (AvgIpc) is 2.90. The molecule has 0 spiro atoms. The lowest BCUT2D eigenvalue weighted by Crippen LogP contribution is -2.41. The number of anilines is 1.